The van der Waals surface area contributed by atoms with Crippen LogP contribution in [0.4, 0.5) is 5.95 Å². The Labute approximate surface area is 137 Å². The number of hydrogen-bond acceptors (Lipinski definition) is 4. The number of nitrogen functional groups attached to an aromatic ring is 1. The van der Waals surface area contributed by atoms with Crippen molar-refractivity contribution in [3.05, 3.63) is 88.5 Å². The van der Waals surface area contributed by atoms with Gasteiger partial charge in [0.15, 0.2) is 11.2 Å². The summed E-state index contributed by atoms with van der Waals surface area (Å²) in [6.07, 6.45) is 1.48. The van der Waals surface area contributed by atoms with Crippen LogP contribution in [0.3, 0.4) is 0 Å². The number of hydrogen-bond donors (Lipinski definition) is 2. The second-order valence-corrected chi connectivity index (χ2v) is 5.47. The van der Waals surface area contributed by atoms with Crippen LogP contribution in [0.1, 0.15) is 17.2 Å². The molecule has 118 valence electrons. The number of benzene rings is 2. The third-order valence-electron chi connectivity index (χ3n) is 4.01. The zero-order valence-corrected chi connectivity index (χ0v) is 12.8. The van der Waals surface area contributed by atoms with Gasteiger partial charge in [0.2, 0.25) is 5.95 Å². The van der Waals surface area contributed by atoms with Crippen LogP contribution in [-0.4, -0.2) is 19.5 Å². The lowest BCUT2D eigenvalue weighted by atomic mass is 9.98. The van der Waals surface area contributed by atoms with Crippen LogP contribution in [0.5, 0.6) is 0 Å². The normalized spacial score (nSPS) is 11.2. The molecule has 4 aromatic rings. The molecule has 2 heterocycles. The zero-order chi connectivity index (χ0) is 16.5. The van der Waals surface area contributed by atoms with E-state index in [0.29, 0.717) is 11.2 Å². The Morgan fingerprint density at radius 1 is 0.958 bits per heavy atom. The Kier molecular flexibility index (Phi) is 3.35. The lowest BCUT2D eigenvalue weighted by Crippen LogP contribution is -2.23. The van der Waals surface area contributed by atoms with Crippen LogP contribution in [0.15, 0.2) is 71.8 Å². The van der Waals surface area contributed by atoms with Gasteiger partial charge >= 0.3 is 5.56 Å². The fourth-order valence-electron chi connectivity index (χ4n) is 2.97. The third kappa shape index (κ3) is 2.25. The number of aromatic nitrogens is 4. The fraction of sp³-hybridized carbons (Fsp3) is 0.0556. The summed E-state index contributed by atoms with van der Waals surface area (Å²) in [7, 11) is 0. The van der Waals surface area contributed by atoms with Gasteiger partial charge in [0.05, 0.1) is 12.4 Å². The molecule has 2 aromatic carbocycles. The SMILES string of the molecule is Nc1nc(=O)c2[nH]cnc2n1C(c1ccccc1)c1ccccc1. The Hall–Kier alpha value is -3.41. The third-order valence-corrected chi connectivity index (χ3v) is 4.01. The molecule has 6 heteroatoms. The van der Waals surface area contributed by atoms with E-state index in [1.807, 2.05) is 60.7 Å². The van der Waals surface area contributed by atoms with Crippen molar-refractivity contribution in [3.63, 3.8) is 0 Å². The molecule has 0 radical (unpaired) electrons. The van der Waals surface area contributed by atoms with Gasteiger partial charge in [0, 0.05) is 0 Å². The van der Waals surface area contributed by atoms with Crippen molar-refractivity contribution in [3.8, 4) is 0 Å². The largest absolute Gasteiger partial charge is 0.369 e. The molecule has 2 aromatic heterocycles. The van der Waals surface area contributed by atoms with E-state index in [2.05, 4.69) is 15.0 Å². The van der Waals surface area contributed by atoms with Crippen molar-refractivity contribution in [2.45, 2.75) is 6.04 Å². The Bertz CT molecular complexity index is 998. The summed E-state index contributed by atoms with van der Waals surface area (Å²) in [5.41, 5.74) is 8.62. The minimum Gasteiger partial charge on any atom is -0.369 e. The highest BCUT2D eigenvalue weighted by Crippen LogP contribution is 2.30. The molecule has 24 heavy (non-hydrogen) atoms. The lowest BCUT2D eigenvalue weighted by molar-refractivity contribution is 0.689. The monoisotopic (exact) mass is 317 g/mol. The predicted molar refractivity (Wildman–Crippen MR) is 92.7 cm³/mol. The van der Waals surface area contributed by atoms with Crippen molar-refractivity contribution >= 4 is 17.1 Å². The molecule has 0 aliphatic carbocycles. The second-order valence-electron chi connectivity index (χ2n) is 5.47. The van der Waals surface area contributed by atoms with Gasteiger partial charge in [-0.1, -0.05) is 60.7 Å². The Morgan fingerprint density at radius 2 is 1.54 bits per heavy atom. The average molecular weight is 317 g/mol. The topological polar surface area (TPSA) is 89.6 Å². The molecule has 0 unspecified atom stereocenters. The number of rotatable bonds is 3. The predicted octanol–water partition coefficient (Wildman–Crippen LogP) is 2.34. The lowest BCUT2D eigenvalue weighted by Gasteiger charge is -2.23. The molecule has 0 spiro atoms. The number of fused-ring (bicyclic) bond motifs is 1. The minimum absolute atomic E-state index is 0.136. The minimum atomic E-state index is -0.406. The molecule has 0 saturated heterocycles. The quantitative estimate of drug-likeness (QED) is 0.607. The number of nitrogens with two attached hydrogens (primary N) is 1. The van der Waals surface area contributed by atoms with E-state index in [0.717, 1.165) is 11.1 Å². The molecule has 6 nitrogen and oxygen atoms in total. The summed E-state index contributed by atoms with van der Waals surface area (Å²) < 4.78 is 1.79. The van der Waals surface area contributed by atoms with E-state index in [-0.39, 0.29) is 12.0 Å². The molecular formula is C18H15N5O. The molecule has 0 atom stereocenters. The number of nitrogens with zero attached hydrogens (tertiary/aromatic N) is 3. The highest BCUT2D eigenvalue weighted by molar-refractivity contribution is 5.71. The number of imidazole rings is 1. The molecule has 0 fully saturated rings. The first-order valence-electron chi connectivity index (χ1n) is 7.56. The maximum absolute atomic E-state index is 12.0. The van der Waals surface area contributed by atoms with Gasteiger partial charge in [-0.3, -0.25) is 9.36 Å². The Balaban J connectivity index is 2.06. The first-order valence-corrected chi connectivity index (χ1v) is 7.56. The molecule has 0 amide bonds. The number of anilines is 1. The van der Waals surface area contributed by atoms with Gasteiger partial charge in [-0.05, 0) is 11.1 Å². The van der Waals surface area contributed by atoms with E-state index in [9.17, 15) is 4.79 Å². The zero-order valence-electron chi connectivity index (χ0n) is 12.8. The number of aromatic amines is 1. The molecule has 0 aliphatic heterocycles. The summed E-state index contributed by atoms with van der Waals surface area (Å²) in [5, 5.41) is 0. The molecule has 0 aliphatic rings. The van der Waals surface area contributed by atoms with Crippen LogP contribution in [0.25, 0.3) is 11.2 Å². The summed E-state index contributed by atoms with van der Waals surface area (Å²) in [6, 6.07) is 19.7. The average Bonchev–Trinajstić information content (AvgIpc) is 3.10. The van der Waals surface area contributed by atoms with Gasteiger partial charge in [0.25, 0.3) is 0 Å². The second kappa shape index (κ2) is 5.66. The van der Waals surface area contributed by atoms with Crippen molar-refractivity contribution in [1.29, 1.82) is 0 Å². The molecule has 3 N–H and O–H groups in total. The van der Waals surface area contributed by atoms with Gasteiger partial charge in [-0.2, -0.15) is 4.98 Å². The van der Waals surface area contributed by atoms with E-state index in [1.165, 1.54) is 6.33 Å². The molecule has 0 saturated carbocycles. The number of nitrogens with one attached hydrogen (secondary N) is 1. The smallest absolute Gasteiger partial charge is 0.300 e. The van der Waals surface area contributed by atoms with E-state index in [1.54, 1.807) is 4.57 Å². The van der Waals surface area contributed by atoms with E-state index in [4.69, 9.17) is 5.73 Å². The van der Waals surface area contributed by atoms with E-state index < -0.39 is 5.56 Å². The fourth-order valence-corrected chi connectivity index (χ4v) is 2.97. The first-order chi connectivity index (χ1) is 11.8. The van der Waals surface area contributed by atoms with Crippen LogP contribution in [0, 0.1) is 0 Å². The molecule has 0 bridgehead atoms. The van der Waals surface area contributed by atoms with Crippen molar-refractivity contribution in [2.24, 2.45) is 0 Å². The summed E-state index contributed by atoms with van der Waals surface area (Å²) in [4.78, 5) is 23.1. The van der Waals surface area contributed by atoms with Crippen LogP contribution in [-0.2, 0) is 0 Å². The molecule has 4 rings (SSSR count). The van der Waals surface area contributed by atoms with Crippen LogP contribution < -0.4 is 11.3 Å². The maximum Gasteiger partial charge on any atom is 0.300 e. The first kappa shape index (κ1) is 14.2. The summed E-state index contributed by atoms with van der Waals surface area (Å²) >= 11 is 0. The standard InChI is InChI=1S/C18H15N5O/c19-18-22-17(24)14-16(21-11-20-14)23(18)15(12-7-3-1-4-8-12)13-9-5-2-6-10-13/h1-11,15H,(H,20,21)(H2,19,22,24). The Morgan fingerprint density at radius 3 is 2.12 bits per heavy atom. The summed E-state index contributed by atoms with van der Waals surface area (Å²) in [5.74, 6) is 0.136. The van der Waals surface area contributed by atoms with Gasteiger partial charge in [-0.25, -0.2) is 4.98 Å². The summed E-state index contributed by atoms with van der Waals surface area (Å²) in [6.45, 7) is 0. The highest BCUT2D eigenvalue weighted by Gasteiger charge is 2.22. The highest BCUT2D eigenvalue weighted by atomic mass is 16.1. The maximum atomic E-state index is 12.0. The van der Waals surface area contributed by atoms with Crippen LogP contribution in [0.2, 0.25) is 0 Å². The number of H-pyrrole nitrogens is 1. The van der Waals surface area contributed by atoms with E-state index >= 15 is 0 Å². The van der Waals surface area contributed by atoms with Crippen molar-refractivity contribution < 1.29 is 0 Å². The van der Waals surface area contributed by atoms with Crippen molar-refractivity contribution in [1.82, 2.24) is 19.5 Å². The molecular weight excluding hydrogens is 302 g/mol. The van der Waals surface area contributed by atoms with Gasteiger partial charge in [-0.15, -0.1) is 0 Å². The van der Waals surface area contributed by atoms with Gasteiger partial charge < -0.3 is 10.7 Å². The van der Waals surface area contributed by atoms with Gasteiger partial charge in [0.1, 0.15) is 0 Å². The van der Waals surface area contributed by atoms with Crippen molar-refractivity contribution in [2.75, 3.05) is 5.73 Å². The van der Waals surface area contributed by atoms with Crippen LogP contribution >= 0.6 is 0 Å².